The Morgan fingerprint density at radius 2 is 2.06 bits per heavy atom. The first-order valence-corrected chi connectivity index (χ1v) is 5.09. The topological polar surface area (TPSA) is 53.4 Å². The molecule has 0 unspecified atom stereocenters. The number of rotatable bonds is 4. The smallest absolute Gasteiger partial charge is 0.358 e. The van der Waals surface area contributed by atoms with Crippen molar-refractivity contribution in [1.29, 1.82) is 0 Å². The molecule has 1 aromatic heterocycles. The van der Waals surface area contributed by atoms with Crippen molar-refractivity contribution in [1.82, 2.24) is 9.78 Å². The molecule has 0 bridgehead atoms. The molecule has 1 aromatic carbocycles. The van der Waals surface area contributed by atoms with E-state index in [4.69, 9.17) is 4.74 Å². The Kier molecular flexibility index (Phi) is 3.40. The lowest BCUT2D eigenvalue weighted by Gasteiger charge is -2.05. The van der Waals surface area contributed by atoms with Gasteiger partial charge in [-0.25, -0.2) is 9.48 Å². The molecule has 0 aliphatic carbocycles. The zero-order valence-electron chi connectivity index (χ0n) is 9.37. The first kappa shape index (κ1) is 11.2. The van der Waals surface area contributed by atoms with Gasteiger partial charge in [-0.05, 0) is 18.2 Å². The van der Waals surface area contributed by atoms with Crippen LogP contribution in [0.25, 0.3) is 0 Å². The summed E-state index contributed by atoms with van der Waals surface area (Å²) in [6.45, 7) is 0.251. The summed E-state index contributed by atoms with van der Waals surface area (Å²) in [4.78, 5) is 11.2. The van der Waals surface area contributed by atoms with Gasteiger partial charge in [-0.2, -0.15) is 5.10 Å². The van der Waals surface area contributed by atoms with Crippen LogP contribution in [0.2, 0.25) is 0 Å². The van der Waals surface area contributed by atoms with Crippen LogP contribution in [0, 0.1) is 0 Å². The first-order chi connectivity index (χ1) is 8.29. The second-order valence-electron chi connectivity index (χ2n) is 3.32. The molecule has 0 aliphatic heterocycles. The monoisotopic (exact) mass is 232 g/mol. The average Bonchev–Trinajstić information content (AvgIpc) is 2.85. The standard InChI is InChI=1S/C12H12N2O3/c1-16-12(15)11-7-8-14(13-11)9-17-10-5-3-2-4-6-10/h2-8H,9H2,1H3. The van der Waals surface area contributed by atoms with Crippen molar-refractivity contribution in [3.8, 4) is 5.75 Å². The Labute approximate surface area is 98.6 Å². The van der Waals surface area contributed by atoms with Crippen LogP contribution in [0.5, 0.6) is 5.75 Å². The van der Waals surface area contributed by atoms with Crippen LogP contribution in [0.3, 0.4) is 0 Å². The molecule has 2 aromatic rings. The molecule has 88 valence electrons. The fourth-order valence-electron chi connectivity index (χ4n) is 1.30. The lowest BCUT2D eigenvalue weighted by Crippen LogP contribution is -2.08. The van der Waals surface area contributed by atoms with Gasteiger partial charge >= 0.3 is 5.97 Å². The molecule has 5 heteroatoms. The quantitative estimate of drug-likeness (QED) is 0.753. The number of methoxy groups -OCH3 is 1. The molecule has 0 fully saturated rings. The van der Waals surface area contributed by atoms with Crippen molar-refractivity contribution >= 4 is 5.97 Å². The molecule has 0 amide bonds. The van der Waals surface area contributed by atoms with Crippen LogP contribution < -0.4 is 4.74 Å². The zero-order valence-corrected chi connectivity index (χ0v) is 9.37. The Bertz CT molecular complexity index is 493. The van der Waals surface area contributed by atoms with E-state index in [0.717, 1.165) is 5.75 Å². The molecule has 0 aliphatic rings. The van der Waals surface area contributed by atoms with E-state index in [9.17, 15) is 4.79 Å². The summed E-state index contributed by atoms with van der Waals surface area (Å²) in [5, 5.41) is 4.01. The minimum absolute atomic E-state index is 0.251. The molecule has 5 nitrogen and oxygen atoms in total. The normalized spacial score (nSPS) is 9.94. The highest BCUT2D eigenvalue weighted by Crippen LogP contribution is 2.09. The summed E-state index contributed by atoms with van der Waals surface area (Å²) >= 11 is 0. The zero-order chi connectivity index (χ0) is 12.1. The van der Waals surface area contributed by atoms with Gasteiger partial charge in [-0.1, -0.05) is 18.2 Å². The van der Waals surface area contributed by atoms with E-state index >= 15 is 0 Å². The maximum Gasteiger partial charge on any atom is 0.358 e. The second-order valence-corrected chi connectivity index (χ2v) is 3.32. The van der Waals surface area contributed by atoms with Crippen LogP contribution in [-0.4, -0.2) is 22.9 Å². The summed E-state index contributed by atoms with van der Waals surface area (Å²) in [5.41, 5.74) is 0.268. The fraction of sp³-hybridized carbons (Fsp3) is 0.167. The first-order valence-electron chi connectivity index (χ1n) is 5.09. The van der Waals surface area contributed by atoms with Crippen molar-refractivity contribution in [2.24, 2.45) is 0 Å². The lowest BCUT2D eigenvalue weighted by atomic mass is 10.3. The molecule has 2 rings (SSSR count). The summed E-state index contributed by atoms with van der Waals surface area (Å²) in [5.74, 6) is 0.297. The lowest BCUT2D eigenvalue weighted by molar-refractivity contribution is 0.0592. The summed E-state index contributed by atoms with van der Waals surface area (Å²) in [7, 11) is 1.32. The molecule has 17 heavy (non-hydrogen) atoms. The SMILES string of the molecule is COC(=O)c1ccn(COc2ccccc2)n1. The largest absolute Gasteiger partial charge is 0.471 e. The van der Waals surface area contributed by atoms with Gasteiger partial charge in [0, 0.05) is 6.20 Å². The van der Waals surface area contributed by atoms with Crippen LogP contribution in [0.4, 0.5) is 0 Å². The van der Waals surface area contributed by atoms with Crippen molar-refractivity contribution in [2.75, 3.05) is 7.11 Å². The van der Waals surface area contributed by atoms with Crippen molar-refractivity contribution < 1.29 is 14.3 Å². The number of hydrogen-bond donors (Lipinski definition) is 0. The number of carbonyl (C=O) groups is 1. The number of para-hydroxylation sites is 1. The van der Waals surface area contributed by atoms with Gasteiger partial charge in [0.1, 0.15) is 5.75 Å². The molecule has 0 radical (unpaired) electrons. The number of hydrogen-bond acceptors (Lipinski definition) is 4. The number of nitrogens with zero attached hydrogens (tertiary/aromatic N) is 2. The minimum atomic E-state index is -0.455. The van der Waals surface area contributed by atoms with Gasteiger partial charge < -0.3 is 9.47 Å². The molecule has 0 saturated carbocycles. The van der Waals surface area contributed by atoms with Crippen LogP contribution in [0.15, 0.2) is 42.6 Å². The number of aromatic nitrogens is 2. The molecule has 0 atom stereocenters. The molecular weight excluding hydrogens is 220 g/mol. The molecular formula is C12H12N2O3. The molecule has 1 heterocycles. The molecule has 0 spiro atoms. The highest BCUT2D eigenvalue weighted by molar-refractivity contribution is 5.86. The van der Waals surface area contributed by atoms with Crippen molar-refractivity contribution in [2.45, 2.75) is 6.73 Å². The summed E-state index contributed by atoms with van der Waals surface area (Å²) in [6.07, 6.45) is 1.66. The van der Waals surface area contributed by atoms with E-state index in [1.807, 2.05) is 30.3 Å². The van der Waals surface area contributed by atoms with E-state index in [0.29, 0.717) is 0 Å². The number of ether oxygens (including phenoxy) is 2. The van der Waals surface area contributed by atoms with Crippen molar-refractivity contribution in [3.63, 3.8) is 0 Å². The van der Waals surface area contributed by atoms with E-state index in [-0.39, 0.29) is 12.4 Å². The van der Waals surface area contributed by atoms with Gasteiger partial charge in [-0.3, -0.25) is 0 Å². The third kappa shape index (κ3) is 2.84. The van der Waals surface area contributed by atoms with Crippen molar-refractivity contribution in [3.05, 3.63) is 48.3 Å². The maximum atomic E-state index is 11.2. The van der Waals surface area contributed by atoms with Crippen LogP contribution in [-0.2, 0) is 11.5 Å². The fourth-order valence-corrected chi connectivity index (χ4v) is 1.30. The van der Waals surface area contributed by atoms with E-state index in [1.165, 1.54) is 11.8 Å². The third-order valence-electron chi connectivity index (χ3n) is 2.14. The van der Waals surface area contributed by atoms with Crippen LogP contribution >= 0.6 is 0 Å². The highest BCUT2D eigenvalue weighted by Gasteiger charge is 2.08. The predicted molar refractivity (Wildman–Crippen MR) is 60.6 cm³/mol. The molecule has 0 N–H and O–H groups in total. The van der Waals surface area contributed by atoms with E-state index < -0.39 is 5.97 Å². The molecule has 0 saturated heterocycles. The Morgan fingerprint density at radius 3 is 2.76 bits per heavy atom. The Hall–Kier alpha value is -2.30. The minimum Gasteiger partial charge on any atom is -0.471 e. The Morgan fingerprint density at radius 1 is 1.29 bits per heavy atom. The van der Waals surface area contributed by atoms with Gasteiger partial charge in [0.15, 0.2) is 12.4 Å². The third-order valence-corrected chi connectivity index (χ3v) is 2.14. The predicted octanol–water partition coefficient (Wildman–Crippen LogP) is 1.71. The van der Waals surface area contributed by atoms with Gasteiger partial charge in [-0.15, -0.1) is 0 Å². The number of benzene rings is 1. The van der Waals surface area contributed by atoms with E-state index in [2.05, 4.69) is 9.84 Å². The maximum absolute atomic E-state index is 11.2. The van der Waals surface area contributed by atoms with Crippen LogP contribution in [0.1, 0.15) is 10.5 Å². The van der Waals surface area contributed by atoms with E-state index in [1.54, 1.807) is 12.3 Å². The van der Waals surface area contributed by atoms with Gasteiger partial charge in [0.25, 0.3) is 0 Å². The van der Waals surface area contributed by atoms with Gasteiger partial charge in [0.2, 0.25) is 0 Å². The van der Waals surface area contributed by atoms with Gasteiger partial charge in [0.05, 0.1) is 7.11 Å². The number of esters is 1. The highest BCUT2D eigenvalue weighted by atomic mass is 16.5. The Balaban J connectivity index is 1.96. The second kappa shape index (κ2) is 5.16. The summed E-state index contributed by atoms with van der Waals surface area (Å²) < 4.78 is 11.6. The summed E-state index contributed by atoms with van der Waals surface area (Å²) in [6, 6.07) is 11.0. The number of carbonyl (C=O) groups excluding carboxylic acids is 1. The average molecular weight is 232 g/mol.